The van der Waals surface area contributed by atoms with Gasteiger partial charge in [-0.1, -0.05) is 0 Å². The van der Waals surface area contributed by atoms with E-state index in [-0.39, 0.29) is 34.7 Å². The Morgan fingerprint density at radius 1 is 1.02 bits per heavy atom. The summed E-state index contributed by atoms with van der Waals surface area (Å²) >= 11 is 0. The first-order valence-electron chi connectivity index (χ1n) is 13.5. The van der Waals surface area contributed by atoms with E-state index < -0.39 is 17.7 Å². The van der Waals surface area contributed by atoms with Crippen molar-refractivity contribution in [2.45, 2.75) is 6.92 Å². The van der Waals surface area contributed by atoms with E-state index in [9.17, 15) is 23.2 Å². The number of anilines is 2. The van der Waals surface area contributed by atoms with Gasteiger partial charge >= 0.3 is 0 Å². The summed E-state index contributed by atoms with van der Waals surface area (Å²) in [6, 6.07) is 6.00. The Morgan fingerprint density at radius 2 is 1.67 bits per heavy atom. The Bertz CT molecular complexity index is 1520. The zero-order valence-electron chi connectivity index (χ0n) is 25.0. The standard InChI is InChI=1S/C29H36F2N8O3/c1-18-14-19(8-9-20(18)29(42)38-12-10-37(11-13-38)24(40)17-39(5,6)7)33-28(41)27-32-16-23(36(27)4)21-15-22(30)26(35(2)3)34-25(21)31/h8-9,14-16H,10-13,17H2,1-7H3/p+1. The number of nitrogens with one attached hydrogen (secondary N) is 1. The topological polar surface area (TPSA) is 104 Å². The first kappa shape index (κ1) is 30.6. The molecule has 1 N–H and O–H groups in total. The lowest BCUT2D eigenvalue weighted by molar-refractivity contribution is -0.862. The monoisotopic (exact) mass is 583 g/mol. The summed E-state index contributed by atoms with van der Waals surface area (Å²) in [4.78, 5) is 51.5. The van der Waals surface area contributed by atoms with Gasteiger partial charge in [0.2, 0.25) is 5.95 Å². The average Bonchev–Trinajstić information content (AvgIpc) is 3.29. The van der Waals surface area contributed by atoms with Crippen LogP contribution in [-0.4, -0.2) is 115 Å². The number of amides is 3. The number of piperazine rings is 1. The SMILES string of the molecule is Cc1cc(NC(=O)c2ncc(-c3cc(F)c(N(C)C)nc3F)n2C)ccc1C(=O)N1CCN(C(=O)C[N+](C)(C)C)CC1. The Hall–Kier alpha value is -4.39. The summed E-state index contributed by atoms with van der Waals surface area (Å²) in [7, 11) is 10.5. The van der Waals surface area contributed by atoms with Crippen LogP contribution < -0.4 is 10.2 Å². The maximum atomic E-state index is 14.7. The smallest absolute Gasteiger partial charge is 0.291 e. The van der Waals surface area contributed by atoms with E-state index in [0.717, 1.165) is 6.07 Å². The highest BCUT2D eigenvalue weighted by atomic mass is 19.1. The summed E-state index contributed by atoms with van der Waals surface area (Å²) < 4.78 is 31.1. The molecule has 1 aliphatic heterocycles. The first-order chi connectivity index (χ1) is 19.7. The van der Waals surface area contributed by atoms with Crippen LogP contribution in [0.5, 0.6) is 0 Å². The predicted octanol–water partition coefficient (Wildman–Crippen LogP) is 2.38. The predicted molar refractivity (Wildman–Crippen MR) is 155 cm³/mol. The number of hydrogen-bond donors (Lipinski definition) is 1. The molecule has 0 radical (unpaired) electrons. The minimum Gasteiger partial charge on any atom is -0.360 e. The van der Waals surface area contributed by atoms with Crippen LogP contribution in [0.15, 0.2) is 30.5 Å². The largest absolute Gasteiger partial charge is 0.360 e. The van der Waals surface area contributed by atoms with E-state index in [0.29, 0.717) is 54.0 Å². The molecule has 3 aromatic rings. The fraction of sp³-hybridized carbons (Fsp3) is 0.414. The summed E-state index contributed by atoms with van der Waals surface area (Å²) in [6.07, 6.45) is 1.28. The minimum atomic E-state index is -0.886. The lowest BCUT2D eigenvalue weighted by Gasteiger charge is -2.36. The zero-order chi connectivity index (χ0) is 30.9. The molecule has 1 saturated heterocycles. The lowest BCUT2D eigenvalue weighted by atomic mass is 10.1. The third-order valence-electron chi connectivity index (χ3n) is 7.05. The van der Waals surface area contributed by atoms with Crippen molar-refractivity contribution in [2.75, 3.05) is 78.2 Å². The van der Waals surface area contributed by atoms with Crippen LogP contribution in [0.3, 0.4) is 0 Å². The molecule has 13 heteroatoms. The second-order valence-corrected chi connectivity index (χ2v) is 11.7. The number of hydrogen-bond acceptors (Lipinski definition) is 6. The highest BCUT2D eigenvalue weighted by molar-refractivity contribution is 6.03. The normalized spacial score (nSPS) is 13.7. The molecule has 1 aliphatic rings. The maximum absolute atomic E-state index is 14.7. The number of likely N-dealkylation sites (N-methyl/N-ethyl adjacent to an activating group) is 1. The highest BCUT2D eigenvalue weighted by Gasteiger charge is 2.28. The van der Waals surface area contributed by atoms with Gasteiger partial charge in [0.05, 0.1) is 38.6 Å². The van der Waals surface area contributed by atoms with Crippen molar-refractivity contribution in [1.82, 2.24) is 24.3 Å². The van der Waals surface area contributed by atoms with Gasteiger partial charge in [-0.2, -0.15) is 9.37 Å². The summed E-state index contributed by atoms with van der Waals surface area (Å²) in [5.74, 6) is -2.37. The number of aromatic nitrogens is 3. The zero-order valence-corrected chi connectivity index (χ0v) is 25.0. The molecular formula is C29H37F2N8O3+. The summed E-state index contributed by atoms with van der Waals surface area (Å²) in [6.45, 7) is 4.03. The fourth-order valence-electron chi connectivity index (χ4n) is 4.82. The molecule has 3 amide bonds. The maximum Gasteiger partial charge on any atom is 0.291 e. The molecule has 0 unspecified atom stereocenters. The molecule has 224 valence electrons. The molecular weight excluding hydrogens is 546 g/mol. The number of quaternary nitrogens is 1. The third-order valence-corrected chi connectivity index (χ3v) is 7.05. The highest BCUT2D eigenvalue weighted by Crippen LogP contribution is 2.27. The van der Waals surface area contributed by atoms with Gasteiger partial charge in [0.15, 0.2) is 24.0 Å². The van der Waals surface area contributed by atoms with Crippen molar-refractivity contribution in [3.05, 3.63) is 59.2 Å². The van der Waals surface area contributed by atoms with Crippen LogP contribution in [0.2, 0.25) is 0 Å². The van der Waals surface area contributed by atoms with E-state index in [4.69, 9.17) is 0 Å². The van der Waals surface area contributed by atoms with Crippen molar-refractivity contribution < 1.29 is 27.6 Å². The van der Waals surface area contributed by atoms with E-state index >= 15 is 0 Å². The van der Waals surface area contributed by atoms with Crippen LogP contribution in [0.25, 0.3) is 11.3 Å². The number of carbonyl (C=O) groups excluding carboxylic acids is 3. The number of carbonyl (C=O) groups is 3. The van der Waals surface area contributed by atoms with Gasteiger partial charge < -0.3 is 29.1 Å². The Balaban J connectivity index is 1.42. The van der Waals surface area contributed by atoms with Crippen LogP contribution in [0.4, 0.5) is 20.3 Å². The summed E-state index contributed by atoms with van der Waals surface area (Å²) in [5.41, 5.74) is 1.69. The molecule has 4 rings (SSSR count). The van der Waals surface area contributed by atoms with Gasteiger partial charge in [-0.05, 0) is 36.8 Å². The molecule has 1 fully saturated rings. The van der Waals surface area contributed by atoms with Crippen molar-refractivity contribution in [3.8, 4) is 11.3 Å². The van der Waals surface area contributed by atoms with Crippen LogP contribution in [0, 0.1) is 18.7 Å². The number of benzene rings is 1. The fourth-order valence-corrected chi connectivity index (χ4v) is 4.82. The van der Waals surface area contributed by atoms with Gasteiger partial charge in [0.25, 0.3) is 17.7 Å². The Labute approximate surface area is 243 Å². The second kappa shape index (κ2) is 11.8. The molecule has 11 nitrogen and oxygen atoms in total. The van der Waals surface area contributed by atoms with Gasteiger partial charge in [-0.25, -0.2) is 9.37 Å². The van der Waals surface area contributed by atoms with Crippen molar-refractivity contribution in [1.29, 1.82) is 0 Å². The molecule has 1 aromatic carbocycles. The second-order valence-electron chi connectivity index (χ2n) is 11.7. The number of halogens is 2. The Kier molecular flexibility index (Phi) is 8.62. The van der Waals surface area contributed by atoms with E-state index in [1.54, 1.807) is 49.0 Å². The third kappa shape index (κ3) is 6.56. The number of nitrogens with zero attached hydrogens (tertiary/aromatic N) is 7. The molecule has 42 heavy (non-hydrogen) atoms. The first-order valence-corrected chi connectivity index (χ1v) is 13.5. The average molecular weight is 584 g/mol. The quantitative estimate of drug-likeness (QED) is 0.339. The summed E-state index contributed by atoms with van der Waals surface area (Å²) in [5, 5.41) is 2.75. The minimum absolute atomic E-state index is 0.0167. The van der Waals surface area contributed by atoms with Crippen molar-refractivity contribution in [3.63, 3.8) is 0 Å². The molecule has 0 spiro atoms. The van der Waals surface area contributed by atoms with E-state index in [1.807, 2.05) is 21.1 Å². The van der Waals surface area contributed by atoms with Crippen molar-refractivity contribution in [2.24, 2.45) is 7.05 Å². The van der Waals surface area contributed by atoms with E-state index in [2.05, 4.69) is 15.3 Å². The Morgan fingerprint density at radius 3 is 2.26 bits per heavy atom. The molecule has 3 heterocycles. The molecule has 0 aliphatic carbocycles. The van der Waals surface area contributed by atoms with Crippen molar-refractivity contribution >= 4 is 29.2 Å². The van der Waals surface area contributed by atoms with Gasteiger partial charge in [0.1, 0.15) is 0 Å². The van der Waals surface area contributed by atoms with Crippen LogP contribution >= 0.6 is 0 Å². The number of pyridine rings is 1. The molecule has 0 bridgehead atoms. The number of imidazole rings is 1. The molecule has 0 saturated carbocycles. The van der Waals surface area contributed by atoms with E-state index in [1.165, 1.54) is 22.7 Å². The van der Waals surface area contributed by atoms with Crippen LogP contribution in [-0.2, 0) is 11.8 Å². The van der Waals surface area contributed by atoms with Crippen LogP contribution in [0.1, 0.15) is 26.5 Å². The number of rotatable bonds is 7. The molecule has 2 aromatic heterocycles. The number of aryl methyl sites for hydroxylation is 1. The lowest BCUT2D eigenvalue weighted by Crippen LogP contribution is -2.54. The van der Waals surface area contributed by atoms with Gasteiger partial charge in [-0.15, -0.1) is 0 Å². The van der Waals surface area contributed by atoms with Gasteiger partial charge in [0, 0.05) is 58.6 Å². The van der Waals surface area contributed by atoms with Gasteiger partial charge in [-0.3, -0.25) is 14.4 Å². The molecule has 0 atom stereocenters.